The number of carbonyl (C=O) groups excluding carboxylic acids is 1. The van der Waals surface area contributed by atoms with Crippen LogP contribution in [-0.4, -0.2) is 12.2 Å². The van der Waals surface area contributed by atoms with Crippen molar-refractivity contribution in [3.8, 4) is 0 Å². The largest absolute Gasteiger partial charge is 0.398 e. The number of nitrogens with two attached hydrogens (primary N) is 1. The first-order valence-electron chi connectivity index (χ1n) is 5.61. The Hall–Kier alpha value is -1.65. The number of carbonyl (C=O) groups is 1. The lowest BCUT2D eigenvalue weighted by Gasteiger charge is -2.09. The third-order valence-corrected chi connectivity index (χ3v) is 3.64. The molecule has 0 radical (unpaired) electrons. The summed E-state index contributed by atoms with van der Waals surface area (Å²) in [4.78, 5) is 13.2. The number of thioether (sulfide) groups is 1. The topological polar surface area (TPSA) is 55.1 Å². The lowest BCUT2D eigenvalue weighted by atomic mass is 10.1. The molecule has 3 N–H and O–H groups in total. The van der Waals surface area contributed by atoms with Crippen LogP contribution in [0.3, 0.4) is 0 Å². The molecule has 0 heterocycles. The Morgan fingerprint density at radius 2 is 2.00 bits per heavy atom. The first kappa shape index (κ1) is 13.8. The van der Waals surface area contributed by atoms with Crippen LogP contribution in [0.1, 0.15) is 10.4 Å². The van der Waals surface area contributed by atoms with Crippen LogP contribution < -0.4 is 11.1 Å². The van der Waals surface area contributed by atoms with Crippen molar-refractivity contribution in [2.45, 2.75) is 4.90 Å². The third kappa shape index (κ3) is 3.22. The molecule has 1 amide bonds. The molecule has 0 aliphatic heterocycles. The highest BCUT2D eigenvalue weighted by molar-refractivity contribution is 7.98. The smallest absolute Gasteiger partial charge is 0.259 e. The van der Waals surface area contributed by atoms with Crippen molar-refractivity contribution in [2.24, 2.45) is 0 Å². The number of amides is 1. The fraction of sp³-hybridized carbons (Fsp3) is 0.0714. The van der Waals surface area contributed by atoms with Gasteiger partial charge in [-0.2, -0.15) is 0 Å². The first-order valence-corrected chi connectivity index (χ1v) is 7.21. The molecule has 0 unspecified atom stereocenters. The highest BCUT2D eigenvalue weighted by Gasteiger charge is 2.13. The van der Waals surface area contributed by atoms with Crippen LogP contribution in [0, 0.1) is 0 Å². The number of benzene rings is 2. The molecule has 0 saturated heterocycles. The van der Waals surface area contributed by atoms with Crippen LogP contribution in [-0.2, 0) is 0 Å². The number of nitrogen functional groups attached to an aromatic ring is 1. The zero-order chi connectivity index (χ0) is 13.8. The predicted molar refractivity (Wildman–Crippen MR) is 82.0 cm³/mol. The minimum Gasteiger partial charge on any atom is -0.398 e. The van der Waals surface area contributed by atoms with Gasteiger partial charge in [0.2, 0.25) is 0 Å². The van der Waals surface area contributed by atoms with E-state index in [2.05, 4.69) is 5.32 Å². The molecule has 2 aromatic rings. The maximum atomic E-state index is 12.2. The Bertz CT molecular complexity index is 596. The molecule has 3 nitrogen and oxygen atoms in total. The molecule has 2 rings (SSSR count). The summed E-state index contributed by atoms with van der Waals surface area (Å²) in [5.41, 5.74) is 7.17. The van der Waals surface area contributed by atoms with Crippen molar-refractivity contribution in [2.75, 3.05) is 17.3 Å². The summed E-state index contributed by atoms with van der Waals surface area (Å²) in [6, 6.07) is 12.6. The van der Waals surface area contributed by atoms with E-state index in [1.165, 1.54) is 0 Å². The molecule has 0 spiro atoms. The van der Waals surface area contributed by atoms with Crippen LogP contribution in [0.15, 0.2) is 47.4 Å². The van der Waals surface area contributed by atoms with Crippen LogP contribution in [0.4, 0.5) is 11.4 Å². The van der Waals surface area contributed by atoms with Gasteiger partial charge < -0.3 is 11.1 Å². The maximum Gasteiger partial charge on any atom is 0.259 e. The first-order chi connectivity index (χ1) is 9.11. The lowest BCUT2D eigenvalue weighted by molar-refractivity contribution is 0.102. The van der Waals surface area contributed by atoms with Gasteiger partial charge in [-0.1, -0.05) is 23.7 Å². The van der Waals surface area contributed by atoms with Crippen molar-refractivity contribution >= 4 is 40.6 Å². The van der Waals surface area contributed by atoms with E-state index in [0.717, 1.165) is 10.6 Å². The summed E-state index contributed by atoms with van der Waals surface area (Å²) < 4.78 is 0. The van der Waals surface area contributed by atoms with E-state index >= 15 is 0 Å². The number of rotatable bonds is 3. The second kappa shape index (κ2) is 5.99. The summed E-state index contributed by atoms with van der Waals surface area (Å²) >= 11 is 7.61. The van der Waals surface area contributed by atoms with E-state index in [1.54, 1.807) is 30.0 Å². The van der Waals surface area contributed by atoms with Crippen molar-refractivity contribution in [1.29, 1.82) is 0 Å². The molecule has 0 aliphatic rings. The van der Waals surface area contributed by atoms with Crippen molar-refractivity contribution < 1.29 is 4.79 Å². The summed E-state index contributed by atoms with van der Waals surface area (Å²) in [5, 5.41) is 3.14. The Morgan fingerprint density at radius 1 is 1.26 bits per heavy atom. The van der Waals surface area contributed by atoms with Crippen LogP contribution in [0.2, 0.25) is 5.02 Å². The highest BCUT2D eigenvalue weighted by Crippen LogP contribution is 2.24. The fourth-order valence-corrected chi connectivity index (χ4v) is 2.40. The second-order valence-electron chi connectivity index (χ2n) is 3.89. The van der Waals surface area contributed by atoms with Gasteiger partial charge in [-0.3, -0.25) is 4.79 Å². The van der Waals surface area contributed by atoms with Gasteiger partial charge in [-0.05, 0) is 36.6 Å². The molecular formula is C14H13ClN2OS. The molecule has 5 heteroatoms. The maximum absolute atomic E-state index is 12.2. The Kier molecular flexibility index (Phi) is 4.35. The molecule has 98 valence electrons. The molecule has 0 saturated carbocycles. The van der Waals surface area contributed by atoms with E-state index in [1.807, 2.05) is 30.5 Å². The van der Waals surface area contributed by atoms with Crippen molar-refractivity contribution in [1.82, 2.24) is 0 Å². The lowest BCUT2D eigenvalue weighted by Crippen LogP contribution is -2.14. The molecular weight excluding hydrogens is 280 g/mol. The number of hydrogen-bond acceptors (Lipinski definition) is 3. The predicted octanol–water partition coefficient (Wildman–Crippen LogP) is 3.90. The average Bonchev–Trinajstić information content (AvgIpc) is 2.38. The number of nitrogens with one attached hydrogen (secondary N) is 1. The van der Waals surface area contributed by atoms with E-state index in [9.17, 15) is 4.79 Å². The molecule has 0 atom stereocenters. The standard InChI is InChI=1S/C14H13ClN2OS/c1-19-10-5-2-4-9(8-10)17-14(18)13-11(15)6-3-7-12(13)16/h2-8H,16H2,1H3,(H,17,18). The summed E-state index contributed by atoms with van der Waals surface area (Å²) in [6.07, 6.45) is 1.98. The monoisotopic (exact) mass is 292 g/mol. The molecule has 2 aromatic carbocycles. The van der Waals surface area contributed by atoms with Crippen LogP contribution in [0.5, 0.6) is 0 Å². The summed E-state index contributed by atoms with van der Waals surface area (Å²) in [6.45, 7) is 0. The third-order valence-electron chi connectivity index (χ3n) is 2.60. The fourth-order valence-electron chi connectivity index (χ4n) is 1.67. The summed E-state index contributed by atoms with van der Waals surface area (Å²) in [5.74, 6) is -0.304. The summed E-state index contributed by atoms with van der Waals surface area (Å²) in [7, 11) is 0. The van der Waals surface area contributed by atoms with Gasteiger partial charge in [0.15, 0.2) is 0 Å². The van der Waals surface area contributed by atoms with Gasteiger partial charge in [0.25, 0.3) is 5.91 Å². The zero-order valence-electron chi connectivity index (χ0n) is 10.3. The van der Waals surface area contributed by atoms with E-state index in [0.29, 0.717) is 16.3 Å². The van der Waals surface area contributed by atoms with E-state index in [-0.39, 0.29) is 5.91 Å². The van der Waals surface area contributed by atoms with Gasteiger partial charge in [-0.25, -0.2) is 0 Å². The second-order valence-corrected chi connectivity index (χ2v) is 5.18. The zero-order valence-corrected chi connectivity index (χ0v) is 11.9. The molecule has 0 bridgehead atoms. The Labute approximate surface area is 121 Å². The van der Waals surface area contributed by atoms with Gasteiger partial charge in [-0.15, -0.1) is 11.8 Å². The molecule has 0 aromatic heterocycles. The average molecular weight is 293 g/mol. The van der Waals surface area contributed by atoms with Gasteiger partial charge in [0, 0.05) is 16.3 Å². The Balaban J connectivity index is 2.26. The SMILES string of the molecule is CSc1cccc(NC(=O)c2c(N)cccc2Cl)c1. The number of hydrogen-bond donors (Lipinski definition) is 2. The van der Waals surface area contributed by atoms with E-state index in [4.69, 9.17) is 17.3 Å². The normalized spacial score (nSPS) is 10.2. The van der Waals surface area contributed by atoms with Gasteiger partial charge >= 0.3 is 0 Å². The minimum absolute atomic E-state index is 0.304. The number of anilines is 2. The van der Waals surface area contributed by atoms with Crippen molar-refractivity contribution in [3.05, 3.63) is 53.1 Å². The highest BCUT2D eigenvalue weighted by atomic mass is 35.5. The van der Waals surface area contributed by atoms with Crippen LogP contribution in [0.25, 0.3) is 0 Å². The van der Waals surface area contributed by atoms with Gasteiger partial charge in [0.05, 0.1) is 10.6 Å². The minimum atomic E-state index is -0.304. The van der Waals surface area contributed by atoms with E-state index < -0.39 is 0 Å². The Morgan fingerprint density at radius 3 is 2.68 bits per heavy atom. The molecule has 0 fully saturated rings. The quantitative estimate of drug-likeness (QED) is 0.666. The molecule has 19 heavy (non-hydrogen) atoms. The van der Waals surface area contributed by atoms with Gasteiger partial charge in [0.1, 0.15) is 0 Å². The van der Waals surface area contributed by atoms with Crippen molar-refractivity contribution in [3.63, 3.8) is 0 Å². The number of halogens is 1. The molecule has 0 aliphatic carbocycles. The van der Waals surface area contributed by atoms with Crippen LogP contribution >= 0.6 is 23.4 Å².